The van der Waals surface area contributed by atoms with Crippen LogP contribution in [0.2, 0.25) is 0 Å². The molecule has 8 N–H and O–H groups in total. The third-order valence-corrected chi connectivity index (χ3v) is 11.2. The summed E-state index contributed by atoms with van der Waals surface area (Å²) in [5.41, 5.74) is 9.83. The van der Waals surface area contributed by atoms with E-state index in [1.165, 1.54) is 0 Å². The van der Waals surface area contributed by atoms with Crippen molar-refractivity contribution < 1.29 is 29.0 Å². The predicted octanol–water partition coefficient (Wildman–Crippen LogP) is 2.47. The second kappa shape index (κ2) is 17.5. The molecular weight excluding hydrogens is 612 g/mol. The van der Waals surface area contributed by atoms with Crippen LogP contribution < -0.4 is 27.4 Å². The van der Waals surface area contributed by atoms with Crippen molar-refractivity contribution in [3.8, 4) is 0 Å². The number of rotatable bonds is 18. The van der Waals surface area contributed by atoms with Crippen molar-refractivity contribution in [2.75, 3.05) is 33.3 Å². The number of unbranched alkanes of at least 4 members (excludes halogenated alkanes) is 1. The lowest BCUT2D eigenvalue weighted by Crippen LogP contribution is -2.58. The lowest BCUT2D eigenvalue weighted by Gasteiger charge is -2.37. The summed E-state index contributed by atoms with van der Waals surface area (Å²) in [5, 5.41) is 19.7. The zero-order chi connectivity index (χ0) is 34.9. The van der Waals surface area contributed by atoms with Gasteiger partial charge in [-0.3, -0.25) is 14.6 Å². The Morgan fingerprint density at radius 2 is 1.90 bits per heavy atom. The van der Waals surface area contributed by atoms with Crippen LogP contribution in [0.15, 0.2) is 16.6 Å². The van der Waals surface area contributed by atoms with E-state index in [1.54, 1.807) is 7.05 Å². The average Bonchev–Trinajstić information content (AvgIpc) is 3.80. The molecule has 0 bridgehead atoms. The summed E-state index contributed by atoms with van der Waals surface area (Å²) in [6.07, 6.45) is 10.5. The van der Waals surface area contributed by atoms with Gasteiger partial charge in [0.2, 0.25) is 0 Å². The molecule has 12 nitrogen and oxygen atoms in total. The molecule has 2 saturated carbocycles. The number of carbonyl (C=O) groups is 3. The van der Waals surface area contributed by atoms with E-state index in [4.69, 9.17) is 20.9 Å². The average molecular weight is 675 g/mol. The van der Waals surface area contributed by atoms with Gasteiger partial charge in [0.25, 0.3) is 5.60 Å². The van der Waals surface area contributed by atoms with Crippen LogP contribution in [0.4, 0.5) is 0 Å². The highest BCUT2D eigenvalue weighted by Crippen LogP contribution is 2.61. The monoisotopic (exact) mass is 674 g/mol. The van der Waals surface area contributed by atoms with Crippen molar-refractivity contribution in [3.05, 3.63) is 11.6 Å². The van der Waals surface area contributed by atoms with Crippen molar-refractivity contribution in [3.63, 3.8) is 0 Å². The first kappa shape index (κ1) is 38.4. The Morgan fingerprint density at radius 3 is 2.54 bits per heavy atom. The topological polar surface area (TPSA) is 194 Å². The fourth-order valence-electron chi connectivity index (χ4n) is 8.43. The molecule has 4 aliphatic rings. The van der Waals surface area contributed by atoms with Gasteiger partial charge in [-0.15, -0.1) is 0 Å². The molecule has 48 heavy (non-hydrogen) atoms. The Balaban J connectivity index is 1.61. The number of esters is 1. The SMILES string of the molecule is CCCC[C@H](CNCC)[C@H](CCCO)OC(=O)[C@]12O[C@@]1(CC=C(C)C[C@@H](NC(N)=NC)C1CCNC(N)C1)C(=O)C1CCCCC1C2=O. The van der Waals surface area contributed by atoms with E-state index in [2.05, 4.69) is 27.9 Å². The molecule has 0 aromatic heterocycles. The number of ketones is 2. The smallest absolute Gasteiger partial charge is 0.350 e. The van der Waals surface area contributed by atoms with Crippen molar-refractivity contribution in [1.82, 2.24) is 16.0 Å². The maximum Gasteiger partial charge on any atom is 0.350 e. The number of nitrogens with two attached hydrogens (primary N) is 2. The van der Waals surface area contributed by atoms with Crippen LogP contribution in [-0.2, 0) is 23.9 Å². The van der Waals surface area contributed by atoms with Crippen LogP contribution in [0.5, 0.6) is 0 Å². The summed E-state index contributed by atoms with van der Waals surface area (Å²) in [7, 11) is 1.64. The van der Waals surface area contributed by atoms with E-state index in [9.17, 15) is 19.5 Å². The van der Waals surface area contributed by atoms with E-state index in [0.717, 1.165) is 63.6 Å². The quantitative estimate of drug-likeness (QED) is 0.0312. The third-order valence-electron chi connectivity index (χ3n) is 11.2. The highest BCUT2D eigenvalue weighted by Gasteiger charge is 2.87. The van der Waals surface area contributed by atoms with Gasteiger partial charge in [0, 0.05) is 50.4 Å². The Hall–Kier alpha value is -2.38. The summed E-state index contributed by atoms with van der Waals surface area (Å²) >= 11 is 0. The zero-order valence-electron chi connectivity index (χ0n) is 29.7. The highest BCUT2D eigenvalue weighted by atomic mass is 16.7. The third kappa shape index (κ3) is 8.31. The second-order valence-corrected chi connectivity index (χ2v) is 14.5. The van der Waals surface area contributed by atoms with Gasteiger partial charge in [-0.25, -0.2) is 4.79 Å². The number of hydrogen-bond acceptors (Lipinski definition) is 10. The van der Waals surface area contributed by atoms with E-state index >= 15 is 0 Å². The molecule has 0 aromatic carbocycles. The molecule has 0 spiro atoms. The molecular formula is C36H62N6O6. The van der Waals surface area contributed by atoms with Gasteiger partial charge in [0.1, 0.15) is 6.10 Å². The first-order valence-electron chi connectivity index (χ1n) is 18.5. The van der Waals surface area contributed by atoms with E-state index in [1.807, 2.05) is 19.9 Å². The number of aliphatic hydroxyl groups is 1. The molecule has 2 aliphatic carbocycles. The number of aliphatic imine (C=N–C) groups is 1. The van der Waals surface area contributed by atoms with Gasteiger partial charge in [0.15, 0.2) is 23.1 Å². The van der Waals surface area contributed by atoms with E-state index < -0.39 is 35.1 Å². The molecule has 2 heterocycles. The van der Waals surface area contributed by atoms with Crippen LogP contribution in [0.25, 0.3) is 0 Å². The normalized spacial score (nSPS) is 32.5. The molecule has 4 fully saturated rings. The van der Waals surface area contributed by atoms with Crippen LogP contribution in [0.1, 0.15) is 104 Å². The number of nitrogens with one attached hydrogen (secondary N) is 3. The van der Waals surface area contributed by atoms with Crippen molar-refractivity contribution >= 4 is 23.5 Å². The zero-order valence-corrected chi connectivity index (χ0v) is 29.7. The molecule has 9 atom stereocenters. The summed E-state index contributed by atoms with van der Waals surface area (Å²) in [5.74, 6) is -1.53. The predicted molar refractivity (Wildman–Crippen MR) is 186 cm³/mol. The molecule has 2 saturated heterocycles. The van der Waals surface area contributed by atoms with Crippen molar-refractivity contribution in [2.24, 2.45) is 40.1 Å². The number of fused-ring (bicyclic) bond motifs is 2. The Bertz CT molecular complexity index is 1170. The molecule has 4 unspecified atom stereocenters. The summed E-state index contributed by atoms with van der Waals surface area (Å²) in [6.45, 7) is 8.37. The number of aliphatic hydroxyl groups excluding tert-OH is 1. The molecule has 0 aromatic rings. The molecule has 4 rings (SSSR count). The minimum absolute atomic E-state index is 0.00977. The van der Waals surface area contributed by atoms with Crippen molar-refractivity contribution in [2.45, 2.75) is 134 Å². The summed E-state index contributed by atoms with van der Waals surface area (Å²) in [4.78, 5) is 47.1. The minimum Gasteiger partial charge on any atom is -0.459 e. The van der Waals surface area contributed by atoms with Crippen molar-refractivity contribution in [1.29, 1.82) is 0 Å². The molecule has 2 aliphatic heterocycles. The molecule has 12 heteroatoms. The van der Waals surface area contributed by atoms with Crippen LogP contribution >= 0.6 is 0 Å². The minimum atomic E-state index is -1.93. The maximum atomic E-state index is 14.4. The number of ether oxygens (including phenoxy) is 2. The highest BCUT2D eigenvalue weighted by molar-refractivity contribution is 6.23. The lowest BCUT2D eigenvalue weighted by molar-refractivity contribution is -0.165. The van der Waals surface area contributed by atoms with Gasteiger partial charge in [-0.1, -0.05) is 51.2 Å². The second-order valence-electron chi connectivity index (χ2n) is 14.5. The lowest BCUT2D eigenvalue weighted by atomic mass is 9.61. The number of Topliss-reactive ketones (excluding diaryl/α,β-unsaturated/α-hetero) is 2. The van der Waals surface area contributed by atoms with E-state index in [-0.39, 0.29) is 48.6 Å². The van der Waals surface area contributed by atoms with Crippen LogP contribution in [0.3, 0.4) is 0 Å². The fraction of sp³-hybridized carbons (Fsp3) is 0.833. The van der Waals surface area contributed by atoms with Crippen LogP contribution in [-0.4, -0.2) is 91.4 Å². The van der Waals surface area contributed by atoms with Gasteiger partial charge >= 0.3 is 5.97 Å². The number of epoxide rings is 1. The van der Waals surface area contributed by atoms with Gasteiger partial charge in [-0.05, 0) is 77.3 Å². The number of guanidine groups is 1. The number of nitrogens with zero attached hydrogens (tertiary/aromatic N) is 1. The molecule has 272 valence electrons. The Kier molecular flexibility index (Phi) is 14.0. The standard InChI is InChI=1S/C36H62N6O6/c1-5-7-11-25(22-40-6-2)29(14-10-19-43)47-33(46)36-32(45)27-13-9-8-12-26(27)31(44)35(36,48-36)17-15-23(3)20-28(42-34(38)39-4)24-16-18-41-30(37)21-24/h15,24-30,40-41,43H,5-14,16-22,37H2,1-4H3,(H3,38,39,42)/t24?,25-,26?,27?,28-,29+,30?,35+,36+/m1/s1. The fourth-order valence-corrected chi connectivity index (χ4v) is 8.43. The Labute approximate surface area is 287 Å². The molecule has 0 amide bonds. The number of piperidine rings is 1. The Morgan fingerprint density at radius 1 is 1.17 bits per heavy atom. The largest absolute Gasteiger partial charge is 0.459 e. The first-order valence-corrected chi connectivity index (χ1v) is 18.5. The maximum absolute atomic E-state index is 14.4. The van der Waals surface area contributed by atoms with Gasteiger partial charge in [0.05, 0.1) is 6.17 Å². The first-order chi connectivity index (χ1) is 23.1. The summed E-state index contributed by atoms with van der Waals surface area (Å²) < 4.78 is 12.6. The molecule has 0 radical (unpaired) electrons. The van der Waals surface area contributed by atoms with Gasteiger partial charge in [-0.2, -0.15) is 0 Å². The van der Waals surface area contributed by atoms with Crippen LogP contribution in [0, 0.1) is 23.7 Å². The summed E-state index contributed by atoms with van der Waals surface area (Å²) in [6, 6.07) is -0.0269. The van der Waals surface area contributed by atoms with Gasteiger partial charge < -0.3 is 42.0 Å². The van der Waals surface area contributed by atoms with E-state index in [0.29, 0.717) is 44.6 Å². The number of carbonyl (C=O) groups excluding carboxylic acids is 3. The number of hydrogen-bond donors (Lipinski definition) is 6.